The molecule has 0 aliphatic carbocycles. The summed E-state index contributed by atoms with van der Waals surface area (Å²) in [6, 6.07) is 11.1. The van der Waals surface area contributed by atoms with Gasteiger partial charge in [0.15, 0.2) is 5.16 Å². The highest BCUT2D eigenvalue weighted by molar-refractivity contribution is 7.99. The molecule has 2 N–H and O–H groups in total. The zero-order valence-corrected chi connectivity index (χ0v) is 16.8. The van der Waals surface area contributed by atoms with Crippen molar-refractivity contribution in [2.45, 2.75) is 18.5 Å². The Bertz CT molecular complexity index is 994. The summed E-state index contributed by atoms with van der Waals surface area (Å²) >= 11 is 1.33. The van der Waals surface area contributed by atoms with Crippen LogP contribution in [-0.2, 0) is 30.1 Å². The van der Waals surface area contributed by atoms with E-state index in [-0.39, 0.29) is 17.6 Å². The first kappa shape index (κ1) is 19.7. The quantitative estimate of drug-likeness (QED) is 0.596. The second-order valence-corrected chi connectivity index (χ2v) is 7.29. The molecule has 8 nitrogen and oxygen atoms in total. The van der Waals surface area contributed by atoms with Crippen LogP contribution in [0, 0.1) is 0 Å². The topological polar surface area (TPSA) is 93.8 Å². The fourth-order valence-electron chi connectivity index (χ4n) is 2.67. The van der Waals surface area contributed by atoms with E-state index >= 15 is 0 Å². The predicted octanol–water partition coefficient (Wildman–Crippen LogP) is 2.43. The molecular weight excluding hydrogens is 376 g/mol. The summed E-state index contributed by atoms with van der Waals surface area (Å²) in [5, 5.41) is 14.6. The van der Waals surface area contributed by atoms with Crippen molar-refractivity contribution in [3.63, 3.8) is 0 Å². The normalized spacial score (nSPS) is 10.7. The highest BCUT2D eigenvalue weighted by Crippen LogP contribution is 2.19. The number of rotatable bonds is 7. The minimum Gasteiger partial charge on any atom is -0.354 e. The molecule has 2 aromatic heterocycles. The van der Waals surface area contributed by atoms with Crippen molar-refractivity contribution in [2.75, 3.05) is 16.4 Å². The molecule has 28 heavy (non-hydrogen) atoms. The number of aryl methyl sites for hydroxylation is 1. The molecule has 0 saturated carbocycles. The highest BCUT2D eigenvalue weighted by atomic mass is 32.2. The van der Waals surface area contributed by atoms with E-state index in [1.54, 1.807) is 24.3 Å². The Kier molecular flexibility index (Phi) is 6.15. The van der Waals surface area contributed by atoms with Crippen molar-refractivity contribution in [3.05, 3.63) is 54.1 Å². The highest BCUT2D eigenvalue weighted by Gasteiger charge is 2.13. The van der Waals surface area contributed by atoms with Crippen LogP contribution in [0.4, 0.5) is 11.4 Å². The third kappa shape index (κ3) is 5.01. The molecule has 0 spiro atoms. The lowest BCUT2D eigenvalue weighted by molar-refractivity contribution is -0.114. The van der Waals surface area contributed by atoms with Gasteiger partial charge in [-0.25, -0.2) is 0 Å². The van der Waals surface area contributed by atoms with E-state index in [1.165, 1.54) is 18.7 Å². The summed E-state index contributed by atoms with van der Waals surface area (Å²) in [4.78, 5) is 23.4. The van der Waals surface area contributed by atoms with Crippen LogP contribution < -0.4 is 10.6 Å². The minimum atomic E-state index is -0.160. The van der Waals surface area contributed by atoms with Gasteiger partial charge in [0, 0.05) is 50.7 Å². The molecular formula is C19H22N6O2S. The smallest absolute Gasteiger partial charge is 0.234 e. The fraction of sp³-hybridized carbons (Fsp3) is 0.263. The second kappa shape index (κ2) is 8.75. The molecule has 0 atom stereocenters. The van der Waals surface area contributed by atoms with Crippen LogP contribution in [0.25, 0.3) is 0 Å². The lowest BCUT2D eigenvalue weighted by Gasteiger charge is -2.08. The van der Waals surface area contributed by atoms with Gasteiger partial charge in [-0.3, -0.25) is 9.59 Å². The van der Waals surface area contributed by atoms with Gasteiger partial charge in [0.1, 0.15) is 5.82 Å². The van der Waals surface area contributed by atoms with E-state index < -0.39 is 0 Å². The molecule has 2 amide bonds. The number of benzene rings is 1. The van der Waals surface area contributed by atoms with Gasteiger partial charge in [-0.15, -0.1) is 10.2 Å². The summed E-state index contributed by atoms with van der Waals surface area (Å²) in [5.41, 5.74) is 2.40. The van der Waals surface area contributed by atoms with Gasteiger partial charge in [0.05, 0.1) is 5.75 Å². The minimum absolute atomic E-state index is 0.156. The van der Waals surface area contributed by atoms with Gasteiger partial charge in [-0.05, 0) is 30.3 Å². The number of nitrogens with zero attached hydrogens (tertiary/aromatic N) is 4. The number of thioether (sulfide) groups is 1. The molecule has 9 heteroatoms. The number of nitrogens with one attached hydrogen (secondary N) is 2. The maximum absolute atomic E-state index is 12.3. The molecule has 0 aliphatic heterocycles. The van der Waals surface area contributed by atoms with Gasteiger partial charge in [0.25, 0.3) is 0 Å². The van der Waals surface area contributed by atoms with Crippen molar-refractivity contribution in [3.8, 4) is 0 Å². The Morgan fingerprint density at radius 3 is 2.50 bits per heavy atom. The third-order valence-corrected chi connectivity index (χ3v) is 5.13. The van der Waals surface area contributed by atoms with Crippen molar-refractivity contribution in [2.24, 2.45) is 14.1 Å². The summed E-state index contributed by atoms with van der Waals surface area (Å²) in [5.74, 6) is 0.734. The molecule has 3 rings (SSSR count). The van der Waals surface area contributed by atoms with Crippen LogP contribution in [0.5, 0.6) is 0 Å². The third-order valence-electron chi connectivity index (χ3n) is 4.11. The maximum atomic E-state index is 12.3. The van der Waals surface area contributed by atoms with E-state index in [2.05, 4.69) is 20.8 Å². The Hall–Kier alpha value is -3.07. The van der Waals surface area contributed by atoms with Crippen LogP contribution in [0.1, 0.15) is 18.4 Å². The molecule has 146 valence electrons. The lowest BCUT2D eigenvalue weighted by atomic mass is 10.2. The molecule has 0 radical (unpaired) electrons. The van der Waals surface area contributed by atoms with Crippen molar-refractivity contribution >= 4 is 35.0 Å². The first-order valence-electron chi connectivity index (χ1n) is 8.71. The van der Waals surface area contributed by atoms with E-state index in [9.17, 15) is 9.59 Å². The standard InChI is InChI=1S/C19H22N6O2S/c1-13(26)20-14-6-4-7-15(10-14)21-18(27)12-28-19-23-22-17(25(19)3)11-16-8-5-9-24(16)2/h4-10H,11-12H2,1-3H3,(H,20,26)(H,21,27). The Labute approximate surface area is 167 Å². The molecule has 0 bridgehead atoms. The predicted molar refractivity (Wildman–Crippen MR) is 109 cm³/mol. The average Bonchev–Trinajstić information content (AvgIpc) is 3.19. The SMILES string of the molecule is CC(=O)Nc1cccc(NC(=O)CSc2nnc(Cc3cccn3C)n2C)c1. The Morgan fingerprint density at radius 2 is 1.82 bits per heavy atom. The molecule has 0 fully saturated rings. The number of carbonyl (C=O) groups is 2. The van der Waals surface area contributed by atoms with Crippen molar-refractivity contribution in [1.82, 2.24) is 19.3 Å². The molecule has 2 heterocycles. The molecule has 3 aromatic rings. The monoisotopic (exact) mass is 398 g/mol. The second-order valence-electron chi connectivity index (χ2n) is 6.34. The number of hydrogen-bond acceptors (Lipinski definition) is 5. The number of hydrogen-bond donors (Lipinski definition) is 2. The van der Waals surface area contributed by atoms with Crippen molar-refractivity contribution in [1.29, 1.82) is 0 Å². The molecule has 1 aromatic carbocycles. The van der Waals surface area contributed by atoms with Gasteiger partial charge in [-0.1, -0.05) is 17.8 Å². The van der Waals surface area contributed by atoms with Crippen LogP contribution in [0.15, 0.2) is 47.8 Å². The zero-order valence-electron chi connectivity index (χ0n) is 16.0. The maximum Gasteiger partial charge on any atom is 0.234 e. The van der Waals surface area contributed by atoms with Gasteiger partial charge in [0.2, 0.25) is 11.8 Å². The molecule has 0 unspecified atom stereocenters. The van der Waals surface area contributed by atoms with E-state index in [0.29, 0.717) is 23.0 Å². The van der Waals surface area contributed by atoms with Crippen LogP contribution in [0.2, 0.25) is 0 Å². The van der Waals surface area contributed by atoms with Gasteiger partial charge >= 0.3 is 0 Å². The number of anilines is 2. The van der Waals surface area contributed by atoms with Crippen LogP contribution in [0.3, 0.4) is 0 Å². The number of carbonyl (C=O) groups excluding carboxylic acids is 2. The number of aromatic nitrogens is 4. The Morgan fingerprint density at radius 1 is 1.07 bits per heavy atom. The van der Waals surface area contributed by atoms with E-state index in [0.717, 1.165) is 11.5 Å². The zero-order chi connectivity index (χ0) is 20.1. The lowest BCUT2D eigenvalue weighted by Crippen LogP contribution is -2.15. The summed E-state index contributed by atoms with van der Waals surface area (Å²) in [6.45, 7) is 1.44. The van der Waals surface area contributed by atoms with Gasteiger partial charge in [-0.2, -0.15) is 0 Å². The van der Waals surface area contributed by atoms with Crippen LogP contribution >= 0.6 is 11.8 Å². The fourth-order valence-corrected chi connectivity index (χ4v) is 3.40. The summed E-state index contributed by atoms with van der Waals surface area (Å²) in [6.07, 6.45) is 2.67. The Balaban J connectivity index is 1.56. The summed E-state index contributed by atoms with van der Waals surface area (Å²) < 4.78 is 3.95. The summed E-state index contributed by atoms with van der Waals surface area (Å²) in [7, 11) is 3.89. The number of amides is 2. The van der Waals surface area contributed by atoms with Gasteiger partial charge < -0.3 is 19.8 Å². The van der Waals surface area contributed by atoms with Crippen LogP contribution in [-0.4, -0.2) is 36.9 Å². The van der Waals surface area contributed by atoms with E-state index in [1.807, 2.05) is 41.6 Å². The first-order chi connectivity index (χ1) is 13.4. The van der Waals surface area contributed by atoms with E-state index in [4.69, 9.17) is 0 Å². The first-order valence-corrected chi connectivity index (χ1v) is 9.69. The van der Waals surface area contributed by atoms with Crippen molar-refractivity contribution < 1.29 is 9.59 Å². The largest absolute Gasteiger partial charge is 0.354 e. The molecule has 0 aliphatic rings. The molecule has 0 saturated heterocycles. The average molecular weight is 398 g/mol.